The van der Waals surface area contributed by atoms with Gasteiger partial charge in [0, 0.05) is 30.6 Å². The minimum absolute atomic E-state index is 0.128. The number of imide groups is 1. The molecule has 1 aromatic carbocycles. The van der Waals surface area contributed by atoms with Gasteiger partial charge < -0.3 is 10.6 Å². The Morgan fingerprint density at radius 3 is 2.77 bits per heavy atom. The minimum Gasteiger partial charge on any atom is -0.326 e. The van der Waals surface area contributed by atoms with Crippen LogP contribution in [0.1, 0.15) is 44.1 Å². The number of aromatic nitrogens is 1. The van der Waals surface area contributed by atoms with E-state index >= 15 is 0 Å². The molecular weight excluding hydrogens is 412 g/mol. The van der Waals surface area contributed by atoms with Crippen molar-refractivity contribution in [3.63, 3.8) is 0 Å². The first kappa shape index (κ1) is 21.4. The third kappa shape index (κ3) is 5.07. The summed E-state index contributed by atoms with van der Waals surface area (Å²) in [5, 5.41) is 6.73. The Labute approximate surface area is 186 Å². The van der Waals surface area contributed by atoms with Gasteiger partial charge in [-0.25, -0.2) is 9.78 Å². The van der Waals surface area contributed by atoms with Gasteiger partial charge in [-0.15, -0.1) is 11.8 Å². The molecule has 2 aliphatic rings. The predicted octanol–water partition coefficient (Wildman–Crippen LogP) is 3.96. The van der Waals surface area contributed by atoms with Crippen LogP contribution in [0.15, 0.2) is 53.7 Å². The zero-order valence-corrected chi connectivity index (χ0v) is 18.1. The van der Waals surface area contributed by atoms with Crippen molar-refractivity contribution in [3.8, 4) is 0 Å². The highest BCUT2D eigenvalue weighted by Gasteiger charge is 2.51. The van der Waals surface area contributed by atoms with Crippen molar-refractivity contribution in [3.05, 3.63) is 54.2 Å². The van der Waals surface area contributed by atoms with E-state index in [1.807, 2.05) is 42.5 Å². The highest BCUT2D eigenvalue weighted by Crippen LogP contribution is 2.35. The minimum atomic E-state index is -0.687. The van der Waals surface area contributed by atoms with Crippen molar-refractivity contribution in [2.45, 2.75) is 54.8 Å². The van der Waals surface area contributed by atoms with Crippen LogP contribution >= 0.6 is 11.8 Å². The summed E-state index contributed by atoms with van der Waals surface area (Å²) in [6, 6.07) is 13.2. The second kappa shape index (κ2) is 9.51. The molecule has 1 spiro atoms. The van der Waals surface area contributed by atoms with E-state index in [1.165, 1.54) is 4.90 Å². The van der Waals surface area contributed by atoms with Gasteiger partial charge in [0.05, 0.1) is 5.03 Å². The summed E-state index contributed by atoms with van der Waals surface area (Å²) in [5.74, 6) is 0.500. The van der Waals surface area contributed by atoms with Crippen LogP contribution in [0.25, 0.3) is 0 Å². The largest absolute Gasteiger partial charge is 0.326 e. The van der Waals surface area contributed by atoms with Crippen LogP contribution in [0, 0.1) is 0 Å². The Hall–Kier alpha value is -2.87. The molecule has 4 rings (SSSR count). The Kier molecular flexibility index (Phi) is 6.56. The van der Waals surface area contributed by atoms with E-state index in [0.29, 0.717) is 19.3 Å². The van der Waals surface area contributed by atoms with Crippen molar-refractivity contribution in [2.24, 2.45) is 0 Å². The van der Waals surface area contributed by atoms with E-state index in [-0.39, 0.29) is 30.8 Å². The molecular formula is C23H26N4O3S. The molecule has 2 aromatic rings. The maximum atomic E-state index is 12.6. The van der Waals surface area contributed by atoms with Crippen LogP contribution in [-0.2, 0) is 15.3 Å². The molecule has 7 nitrogen and oxygen atoms in total. The topological polar surface area (TPSA) is 91.4 Å². The van der Waals surface area contributed by atoms with E-state index in [9.17, 15) is 14.4 Å². The number of pyridine rings is 1. The van der Waals surface area contributed by atoms with E-state index in [1.54, 1.807) is 18.0 Å². The smallest absolute Gasteiger partial charge is 0.325 e. The molecule has 2 heterocycles. The van der Waals surface area contributed by atoms with Gasteiger partial charge in [0.25, 0.3) is 5.91 Å². The zero-order chi connectivity index (χ0) is 21.7. The summed E-state index contributed by atoms with van der Waals surface area (Å²) in [4.78, 5) is 42.8. The lowest BCUT2D eigenvalue weighted by Gasteiger charge is -2.19. The first-order valence-electron chi connectivity index (χ1n) is 10.6. The van der Waals surface area contributed by atoms with E-state index in [4.69, 9.17) is 0 Å². The average Bonchev–Trinajstić information content (AvgIpc) is 3.33. The van der Waals surface area contributed by atoms with Crippen LogP contribution in [0.5, 0.6) is 0 Å². The molecule has 0 unspecified atom stereocenters. The maximum Gasteiger partial charge on any atom is 0.325 e. The van der Waals surface area contributed by atoms with Crippen LogP contribution in [0.2, 0.25) is 0 Å². The van der Waals surface area contributed by atoms with E-state index in [2.05, 4.69) is 15.6 Å². The molecule has 2 fully saturated rings. The third-order valence-corrected chi connectivity index (χ3v) is 6.74. The fourth-order valence-electron chi connectivity index (χ4n) is 4.15. The third-order valence-electron chi connectivity index (χ3n) is 5.72. The fraction of sp³-hybridized carbons (Fsp3) is 0.391. The van der Waals surface area contributed by atoms with Gasteiger partial charge in [-0.2, -0.15) is 0 Å². The number of hydrogen-bond donors (Lipinski definition) is 2. The molecule has 0 radical (unpaired) electrons. The lowest BCUT2D eigenvalue weighted by molar-refractivity contribution is -0.131. The van der Waals surface area contributed by atoms with Crippen LogP contribution in [-0.4, -0.2) is 39.8 Å². The Morgan fingerprint density at radius 2 is 2.00 bits per heavy atom. The normalized spacial score (nSPS) is 17.2. The van der Waals surface area contributed by atoms with E-state index in [0.717, 1.165) is 34.9 Å². The van der Waals surface area contributed by atoms with Crippen molar-refractivity contribution in [2.75, 3.05) is 11.9 Å². The summed E-state index contributed by atoms with van der Waals surface area (Å²) in [5.41, 5.74) is 1.14. The number of hydrogen-bond acceptors (Lipinski definition) is 5. The molecule has 0 atom stereocenters. The maximum absolute atomic E-state index is 12.6. The zero-order valence-electron chi connectivity index (χ0n) is 17.3. The number of thioether (sulfide) groups is 1. The molecule has 1 aliphatic heterocycles. The molecule has 1 aliphatic carbocycles. The predicted molar refractivity (Wildman–Crippen MR) is 120 cm³/mol. The molecule has 31 heavy (non-hydrogen) atoms. The highest BCUT2D eigenvalue weighted by atomic mass is 32.2. The summed E-state index contributed by atoms with van der Waals surface area (Å²) in [6.45, 7) is 0.264. The van der Waals surface area contributed by atoms with Crippen LogP contribution in [0.3, 0.4) is 0 Å². The molecule has 1 saturated carbocycles. The Morgan fingerprint density at radius 1 is 1.16 bits per heavy atom. The van der Waals surface area contributed by atoms with Gasteiger partial charge in [-0.1, -0.05) is 31.0 Å². The van der Waals surface area contributed by atoms with Crippen molar-refractivity contribution in [1.82, 2.24) is 15.2 Å². The van der Waals surface area contributed by atoms with E-state index < -0.39 is 5.54 Å². The van der Waals surface area contributed by atoms with Gasteiger partial charge in [0.15, 0.2) is 0 Å². The quantitative estimate of drug-likeness (QED) is 0.481. The summed E-state index contributed by atoms with van der Waals surface area (Å²) >= 11 is 1.64. The van der Waals surface area contributed by atoms with Crippen LogP contribution in [0.4, 0.5) is 10.5 Å². The number of urea groups is 1. The number of benzene rings is 1. The molecule has 4 amide bonds. The standard InChI is InChI=1S/C23H26N4O3S/c28-19(9-6-14-27-21(29)23(26-22(27)30)11-2-3-12-23)25-18-8-5-7-17(15-18)16-31-20-10-1-4-13-24-20/h1,4-5,7-8,10,13,15H,2-3,6,9,11-12,14,16H2,(H,25,28)(H,26,30). The number of rotatable bonds is 8. The molecule has 1 aromatic heterocycles. The van der Waals surface area contributed by atoms with Crippen molar-refractivity contribution >= 4 is 35.3 Å². The second-order valence-electron chi connectivity index (χ2n) is 7.98. The molecule has 8 heteroatoms. The molecule has 2 N–H and O–H groups in total. The van der Waals surface area contributed by atoms with Crippen LogP contribution < -0.4 is 10.6 Å². The lowest BCUT2D eigenvalue weighted by Crippen LogP contribution is -2.44. The molecule has 1 saturated heterocycles. The number of nitrogens with zero attached hydrogens (tertiary/aromatic N) is 2. The number of anilines is 1. The fourth-order valence-corrected chi connectivity index (χ4v) is 4.95. The Balaban J connectivity index is 1.24. The SMILES string of the molecule is O=C(CCCN1C(=O)NC2(CCCC2)C1=O)Nc1cccc(CSc2ccccn2)c1. The van der Waals surface area contributed by atoms with Gasteiger partial charge in [0.2, 0.25) is 5.91 Å². The number of carbonyl (C=O) groups is 3. The second-order valence-corrected chi connectivity index (χ2v) is 8.98. The number of amides is 4. The number of nitrogens with one attached hydrogen (secondary N) is 2. The lowest BCUT2D eigenvalue weighted by atomic mass is 9.98. The Bertz CT molecular complexity index is 960. The van der Waals surface area contributed by atoms with Crippen molar-refractivity contribution in [1.29, 1.82) is 0 Å². The summed E-state index contributed by atoms with van der Waals surface area (Å²) < 4.78 is 0. The van der Waals surface area contributed by atoms with Gasteiger partial charge >= 0.3 is 6.03 Å². The molecule has 162 valence electrons. The first-order valence-corrected chi connectivity index (χ1v) is 11.6. The van der Waals surface area contributed by atoms with Gasteiger partial charge in [0.1, 0.15) is 5.54 Å². The first-order chi connectivity index (χ1) is 15.1. The highest BCUT2D eigenvalue weighted by molar-refractivity contribution is 7.98. The van der Waals surface area contributed by atoms with Gasteiger partial charge in [-0.3, -0.25) is 14.5 Å². The van der Waals surface area contributed by atoms with Crippen molar-refractivity contribution < 1.29 is 14.4 Å². The monoisotopic (exact) mass is 438 g/mol. The average molecular weight is 439 g/mol. The summed E-state index contributed by atoms with van der Waals surface area (Å²) in [6.07, 6.45) is 5.80. The number of carbonyl (C=O) groups excluding carboxylic acids is 3. The summed E-state index contributed by atoms with van der Waals surface area (Å²) in [7, 11) is 0. The molecule has 0 bridgehead atoms. The van der Waals surface area contributed by atoms with Gasteiger partial charge in [-0.05, 0) is 49.1 Å².